The van der Waals surface area contributed by atoms with E-state index in [1.54, 1.807) is 0 Å². The summed E-state index contributed by atoms with van der Waals surface area (Å²) in [5.74, 6) is 0.957. The van der Waals surface area contributed by atoms with Crippen molar-refractivity contribution in [3.63, 3.8) is 0 Å². The highest BCUT2D eigenvalue weighted by molar-refractivity contribution is 5.82. The lowest BCUT2D eigenvalue weighted by atomic mass is 9.80. The molecule has 1 rings (SSSR count). The molecule has 0 saturated carbocycles. The zero-order valence-electron chi connectivity index (χ0n) is 11.3. The molecule has 1 saturated heterocycles. The van der Waals surface area contributed by atoms with Crippen LogP contribution in [-0.2, 0) is 4.79 Å². The largest absolute Gasteiger partial charge is 0.341 e. The number of nitrogens with two attached hydrogens (primary N) is 1. The number of carbonyl (C=O) groups is 1. The van der Waals surface area contributed by atoms with Gasteiger partial charge in [0.05, 0.1) is 6.04 Å². The normalized spacial score (nSPS) is 23.9. The number of amides is 1. The number of hydrogen-bond acceptors (Lipinski definition) is 2. The van der Waals surface area contributed by atoms with Gasteiger partial charge in [-0.3, -0.25) is 4.79 Å². The minimum atomic E-state index is -0.335. The lowest BCUT2D eigenvalue weighted by Crippen LogP contribution is -2.45. The first kappa shape index (κ1) is 13.5. The zero-order valence-corrected chi connectivity index (χ0v) is 11.3. The van der Waals surface area contributed by atoms with E-state index in [-0.39, 0.29) is 23.3 Å². The van der Waals surface area contributed by atoms with Gasteiger partial charge in [-0.05, 0) is 23.7 Å². The van der Waals surface area contributed by atoms with Gasteiger partial charge in [0.15, 0.2) is 0 Å². The second kappa shape index (κ2) is 4.74. The van der Waals surface area contributed by atoms with Gasteiger partial charge in [0.2, 0.25) is 5.91 Å². The van der Waals surface area contributed by atoms with Crippen molar-refractivity contribution in [2.24, 2.45) is 23.0 Å². The first-order valence-electron chi connectivity index (χ1n) is 6.28. The van der Waals surface area contributed by atoms with E-state index < -0.39 is 0 Å². The predicted molar refractivity (Wildman–Crippen MR) is 67.0 cm³/mol. The fraction of sp³-hybridized carbons (Fsp3) is 0.923. The Labute approximate surface area is 99.4 Å². The Morgan fingerprint density at radius 1 is 1.38 bits per heavy atom. The van der Waals surface area contributed by atoms with Crippen molar-refractivity contribution >= 4 is 5.91 Å². The van der Waals surface area contributed by atoms with Gasteiger partial charge in [0, 0.05) is 13.1 Å². The van der Waals surface area contributed by atoms with E-state index in [0.717, 1.165) is 19.5 Å². The van der Waals surface area contributed by atoms with Gasteiger partial charge < -0.3 is 10.6 Å². The van der Waals surface area contributed by atoms with Gasteiger partial charge in [-0.15, -0.1) is 0 Å². The maximum atomic E-state index is 12.1. The van der Waals surface area contributed by atoms with E-state index in [0.29, 0.717) is 5.92 Å². The highest BCUT2D eigenvalue weighted by Crippen LogP contribution is 2.33. The summed E-state index contributed by atoms with van der Waals surface area (Å²) in [7, 11) is 0. The summed E-state index contributed by atoms with van der Waals surface area (Å²) in [6, 6.07) is -0.335. The Bertz CT molecular complexity index is 255. The van der Waals surface area contributed by atoms with Crippen LogP contribution in [0.4, 0.5) is 0 Å². The number of likely N-dealkylation sites (tertiary alicyclic amines) is 1. The monoisotopic (exact) mass is 226 g/mol. The summed E-state index contributed by atoms with van der Waals surface area (Å²) in [6.45, 7) is 12.5. The summed E-state index contributed by atoms with van der Waals surface area (Å²) in [4.78, 5) is 14.0. The molecule has 2 N–H and O–H groups in total. The van der Waals surface area contributed by atoms with Crippen LogP contribution in [0.5, 0.6) is 0 Å². The van der Waals surface area contributed by atoms with E-state index in [9.17, 15) is 4.79 Å². The molecule has 0 radical (unpaired) electrons. The number of carbonyl (C=O) groups excluding carboxylic acids is 1. The average molecular weight is 226 g/mol. The average Bonchev–Trinajstić information content (AvgIpc) is 2.63. The van der Waals surface area contributed by atoms with Crippen molar-refractivity contribution in [2.75, 3.05) is 13.1 Å². The van der Waals surface area contributed by atoms with Gasteiger partial charge in [-0.1, -0.05) is 34.6 Å². The van der Waals surface area contributed by atoms with Crippen LogP contribution in [0.15, 0.2) is 0 Å². The van der Waals surface area contributed by atoms with E-state index in [1.807, 2.05) is 18.7 Å². The highest BCUT2D eigenvalue weighted by Gasteiger charge is 2.35. The molecule has 0 aromatic heterocycles. The summed E-state index contributed by atoms with van der Waals surface area (Å²) in [5.41, 5.74) is 6.19. The Kier molecular flexibility index (Phi) is 4.00. The van der Waals surface area contributed by atoms with Gasteiger partial charge >= 0.3 is 0 Å². The fourth-order valence-electron chi connectivity index (χ4n) is 2.16. The third kappa shape index (κ3) is 2.97. The van der Waals surface area contributed by atoms with Gasteiger partial charge in [0.1, 0.15) is 0 Å². The van der Waals surface area contributed by atoms with Gasteiger partial charge in [-0.2, -0.15) is 0 Å². The molecule has 1 fully saturated rings. The molecule has 0 aromatic carbocycles. The Morgan fingerprint density at radius 2 is 1.94 bits per heavy atom. The Morgan fingerprint density at radius 3 is 2.31 bits per heavy atom. The lowest BCUT2D eigenvalue weighted by molar-refractivity contribution is -0.132. The molecule has 1 aliphatic heterocycles. The van der Waals surface area contributed by atoms with Crippen LogP contribution in [0.25, 0.3) is 0 Å². The molecule has 1 aliphatic rings. The van der Waals surface area contributed by atoms with Crippen molar-refractivity contribution in [1.29, 1.82) is 0 Å². The predicted octanol–water partition coefficient (Wildman–Crippen LogP) is 1.86. The van der Waals surface area contributed by atoms with Crippen LogP contribution >= 0.6 is 0 Å². The third-order valence-corrected chi connectivity index (χ3v) is 3.73. The molecule has 0 bridgehead atoms. The number of hydrogen-bond donors (Lipinski definition) is 1. The fourth-order valence-corrected chi connectivity index (χ4v) is 2.16. The Balaban J connectivity index is 2.57. The molecule has 3 nitrogen and oxygen atoms in total. The maximum absolute atomic E-state index is 12.1. The molecular formula is C13H26N2O. The van der Waals surface area contributed by atoms with Crippen molar-refractivity contribution < 1.29 is 4.79 Å². The van der Waals surface area contributed by atoms with Crippen LogP contribution in [0.2, 0.25) is 0 Å². The topological polar surface area (TPSA) is 46.3 Å². The first-order valence-corrected chi connectivity index (χ1v) is 6.28. The molecule has 2 atom stereocenters. The number of rotatable bonds is 2. The second-order valence-corrected chi connectivity index (χ2v) is 6.41. The summed E-state index contributed by atoms with van der Waals surface area (Å²) < 4.78 is 0. The third-order valence-electron chi connectivity index (χ3n) is 3.73. The van der Waals surface area contributed by atoms with Crippen LogP contribution in [0.1, 0.15) is 41.0 Å². The Hall–Kier alpha value is -0.570. The first-order chi connectivity index (χ1) is 7.23. The van der Waals surface area contributed by atoms with Crippen molar-refractivity contribution in [1.82, 2.24) is 4.90 Å². The maximum Gasteiger partial charge on any atom is 0.239 e. The molecular weight excluding hydrogens is 200 g/mol. The summed E-state index contributed by atoms with van der Waals surface area (Å²) in [6.07, 6.45) is 1.11. The molecule has 1 heterocycles. The van der Waals surface area contributed by atoms with E-state index in [1.165, 1.54) is 0 Å². The van der Waals surface area contributed by atoms with Crippen molar-refractivity contribution in [3.05, 3.63) is 0 Å². The molecule has 0 aliphatic carbocycles. The highest BCUT2D eigenvalue weighted by atomic mass is 16.2. The lowest BCUT2D eigenvalue weighted by Gasteiger charge is -2.28. The SMILES string of the molecule is CC(C)[C@@H](N)C(=O)N1CCC(C(C)(C)C)C1. The molecule has 0 spiro atoms. The molecule has 94 valence electrons. The number of nitrogens with zero attached hydrogens (tertiary/aromatic N) is 1. The van der Waals surface area contributed by atoms with Gasteiger partial charge in [-0.25, -0.2) is 0 Å². The van der Waals surface area contributed by atoms with Crippen LogP contribution in [-0.4, -0.2) is 29.9 Å². The summed E-state index contributed by atoms with van der Waals surface area (Å²) >= 11 is 0. The summed E-state index contributed by atoms with van der Waals surface area (Å²) in [5, 5.41) is 0. The van der Waals surface area contributed by atoms with Crippen LogP contribution in [0, 0.1) is 17.3 Å². The zero-order chi connectivity index (χ0) is 12.5. The minimum absolute atomic E-state index is 0.127. The molecule has 0 aromatic rings. The molecule has 1 amide bonds. The molecule has 16 heavy (non-hydrogen) atoms. The smallest absolute Gasteiger partial charge is 0.239 e. The van der Waals surface area contributed by atoms with Crippen molar-refractivity contribution in [2.45, 2.75) is 47.1 Å². The molecule has 3 heteroatoms. The minimum Gasteiger partial charge on any atom is -0.341 e. The quantitative estimate of drug-likeness (QED) is 0.781. The van der Waals surface area contributed by atoms with Crippen LogP contribution < -0.4 is 5.73 Å². The standard InChI is InChI=1S/C13H26N2O/c1-9(2)11(14)12(16)15-7-6-10(8-15)13(3,4)5/h9-11H,6-8,14H2,1-5H3/t10?,11-/m1/s1. The van der Waals surface area contributed by atoms with E-state index in [4.69, 9.17) is 5.73 Å². The van der Waals surface area contributed by atoms with Crippen LogP contribution in [0.3, 0.4) is 0 Å². The van der Waals surface area contributed by atoms with E-state index in [2.05, 4.69) is 20.8 Å². The molecule has 1 unspecified atom stereocenters. The van der Waals surface area contributed by atoms with Gasteiger partial charge in [0.25, 0.3) is 0 Å². The van der Waals surface area contributed by atoms with Crippen molar-refractivity contribution in [3.8, 4) is 0 Å². The van der Waals surface area contributed by atoms with E-state index >= 15 is 0 Å². The second-order valence-electron chi connectivity index (χ2n) is 6.41.